The van der Waals surface area contributed by atoms with Crippen molar-refractivity contribution in [3.05, 3.63) is 71.0 Å². The molecule has 1 fully saturated rings. The first-order valence-electron chi connectivity index (χ1n) is 8.67. The molecule has 2 aromatic carbocycles. The maximum Gasteiger partial charge on any atom is 0.220 e. The van der Waals surface area contributed by atoms with Gasteiger partial charge in [-0.15, -0.1) is 0 Å². The molecule has 130 valence electrons. The summed E-state index contributed by atoms with van der Waals surface area (Å²) < 4.78 is 12.9. The molecule has 0 spiro atoms. The molecule has 0 unspecified atom stereocenters. The minimum atomic E-state index is -0.375. The Kier molecular flexibility index (Phi) is 5.27. The van der Waals surface area contributed by atoms with Crippen LogP contribution in [0.2, 0.25) is 0 Å². The van der Waals surface area contributed by atoms with Crippen LogP contribution in [0, 0.1) is 18.7 Å². The molecule has 3 rings (SSSR count). The summed E-state index contributed by atoms with van der Waals surface area (Å²) in [7, 11) is 0. The third kappa shape index (κ3) is 4.75. The summed E-state index contributed by atoms with van der Waals surface area (Å²) in [5.74, 6) is -0.152. The molecular formula is C21H22FNO2. The van der Waals surface area contributed by atoms with Gasteiger partial charge in [0, 0.05) is 18.4 Å². The van der Waals surface area contributed by atoms with Gasteiger partial charge in [0.15, 0.2) is 5.78 Å². The first-order chi connectivity index (χ1) is 12.0. The number of amides is 1. The van der Waals surface area contributed by atoms with Crippen LogP contribution in [0.5, 0.6) is 0 Å². The SMILES string of the molecule is Cc1ccc([C@@H](NC(=O)CCC(=O)c2ccc(F)cc2)C2CC2)cc1. The number of benzene rings is 2. The molecule has 4 heteroatoms. The van der Waals surface area contributed by atoms with E-state index in [0.717, 1.165) is 18.4 Å². The summed E-state index contributed by atoms with van der Waals surface area (Å²) in [5, 5.41) is 3.08. The molecular weight excluding hydrogens is 317 g/mol. The van der Waals surface area contributed by atoms with E-state index in [0.29, 0.717) is 11.5 Å². The average molecular weight is 339 g/mol. The van der Waals surface area contributed by atoms with Gasteiger partial charge in [0.2, 0.25) is 5.91 Å². The third-order valence-electron chi connectivity index (χ3n) is 4.59. The summed E-state index contributed by atoms with van der Waals surface area (Å²) in [6.07, 6.45) is 2.51. The predicted octanol–water partition coefficient (Wildman–Crippen LogP) is 4.36. The number of carbonyl (C=O) groups is 2. The average Bonchev–Trinajstić information content (AvgIpc) is 3.44. The highest BCUT2D eigenvalue weighted by Crippen LogP contribution is 2.41. The number of ketones is 1. The van der Waals surface area contributed by atoms with Gasteiger partial charge in [-0.3, -0.25) is 9.59 Å². The highest BCUT2D eigenvalue weighted by molar-refractivity contribution is 5.97. The van der Waals surface area contributed by atoms with E-state index in [4.69, 9.17) is 0 Å². The van der Waals surface area contributed by atoms with Crippen LogP contribution in [0.4, 0.5) is 4.39 Å². The molecule has 0 heterocycles. The number of carbonyl (C=O) groups excluding carboxylic acids is 2. The Hall–Kier alpha value is -2.49. The van der Waals surface area contributed by atoms with Gasteiger partial charge in [-0.1, -0.05) is 29.8 Å². The van der Waals surface area contributed by atoms with Gasteiger partial charge in [-0.25, -0.2) is 4.39 Å². The number of hydrogen-bond donors (Lipinski definition) is 1. The van der Waals surface area contributed by atoms with Crippen LogP contribution < -0.4 is 5.32 Å². The Balaban J connectivity index is 1.56. The molecule has 0 aromatic heterocycles. The van der Waals surface area contributed by atoms with Gasteiger partial charge >= 0.3 is 0 Å². The van der Waals surface area contributed by atoms with Gasteiger partial charge in [-0.05, 0) is 55.5 Å². The lowest BCUT2D eigenvalue weighted by molar-refractivity contribution is -0.122. The molecule has 0 radical (unpaired) electrons. The molecule has 0 bridgehead atoms. The predicted molar refractivity (Wildman–Crippen MR) is 94.8 cm³/mol. The van der Waals surface area contributed by atoms with Gasteiger partial charge < -0.3 is 5.32 Å². The van der Waals surface area contributed by atoms with Crippen LogP contribution in [0.1, 0.15) is 53.2 Å². The quantitative estimate of drug-likeness (QED) is 0.762. The Morgan fingerprint density at radius 2 is 1.68 bits per heavy atom. The van der Waals surface area contributed by atoms with Crippen molar-refractivity contribution in [2.24, 2.45) is 5.92 Å². The van der Waals surface area contributed by atoms with E-state index in [-0.39, 0.29) is 36.4 Å². The van der Waals surface area contributed by atoms with E-state index < -0.39 is 0 Å². The summed E-state index contributed by atoms with van der Waals surface area (Å²) in [5.41, 5.74) is 2.74. The van der Waals surface area contributed by atoms with Crippen LogP contribution in [0.25, 0.3) is 0 Å². The van der Waals surface area contributed by atoms with E-state index >= 15 is 0 Å². The highest BCUT2D eigenvalue weighted by atomic mass is 19.1. The second-order valence-corrected chi connectivity index (χ2v) is 6.72. The van der Waals surface area contributed by atoms with Crippen LogP contribution in [-0.2, 0) is 4.79 Å². The normalized spacial score (nSPS) is 14.8. The molecule has 0 saturated heterocycles. The van der Waals surface area contributed by atoms with Crippen molar-refractivity contribution in [3.8, 4) is 0 Å². The smallest absolute Gasteiger partial charge is 0.220 e. The van der Waals surface area contributed by atoms with Crippen LogP contribution in [0.15, 0.2) is 48.5 Å². The maximum atomic E-state index is 12.9. The fourth-order valence-electron chi connectivity index (χ4n) is 2.93. The molecule has 1 aliphatic carbocycles. The second-order valence-electron chi connectivity index (χ2n) is 6.72. The number of nitrogens with one attached hydrogen (secondary N) is 1. The van der Waals surface area contributed by atoms with E-state index in [1.54, 1.807) is 0 Å². The van der Waals surface area contributed by atoms with Crippen molar-refractivity contribution in [3.63, 3.8) is 0 Å². The number of hydrogen-bond acceptors (Lipinski definition) is 2. The molecule has 1 atom stereocenters. The zero-order valence-corrected chi connectivity index (χ0v) is 14.3. The first kappa shape index (κ1) is 17.3. The van der Waals surface area contributed by atoms with Crippen molar-refractivity contribution in [1.29, 1.82) is 0 Å². The monoisotopic (exact) mass is 339 g/mol. The lowest BCUT2D eigenvalue weighted by Crippen LogP contribution is -2.30. The Morgan fingerprint density at radius 1 is 1.04 bits per heavy atom. The van der Waals surface area contributed by atoms with E-state index in [2.05, 4.69) is 29.6 Å². The zero-order chi connectivity index (χ0) is 17.8. The minimum Gasteiger partial charge on any atom is -0.349 e. The van der Waals surface area contributed by atoms with Crippen LogP contribution >= 0.6 is 0 Å². The number of halogens is 1. The van der Waals surface area contributed by atoms with Gasteiger partial charge in [0.25, 0.3) is 0 Å². The van der Waals surface area contributed by atoms with Gasteiger partial charge in [0.1, 0.15) is 5.82 Å². The second kappa shape index (κ2) is 7.60. The molecule has 1 aliphatic rings. The fraction of sp³-hybridized carbons (Fsp3) is 0.333. The lowest BCUT2D eigenvalue weighted by atomic mass is 10.0. The van der Waals surface area contributed by atoms with Crippen LogP contribution in [-0.4, -0.2) is 11.7 Å². The lowest BCUT2D eigenvalue weighted by Gasteiger charge is -2.19. The Labute approximate surface area is 147 Å². The van der Waals surface area contributed by atoms with E-state index in [9.17, 15) is 14.0 Å². The van der Waals surface area contributed by atoms with Crippen molar-refractivity contribution in [1.82, 2.24) is 5.32 Å². The topological polar surface area (TPSA) is 46.2 Å². The number of Topliss-reactive ketones (excluding diaryl/α,β-unsaturated/α-hetero) is 1. The fourth-order valence-corrected chi connectivity index (χ4v) is 2.93. The van der Waals surface area contributed by atoms with Crippen molar-refractivity contribution in [2.75, 3.05) is 0 Å². The third-order valence-corrected chi connectivity index (χ3v) is 4.59. The summed E-state index contributed by atoms with van der Waals surface area (Å²) in [4.78, 5) is 24.4. The van der Waals surface area contributed by atoms with Crippen molar-refractivity contribution >= 4 is 11.7 Å². The number of aryl methyl sites for hydroxylation is 1. The van der Waals surface area contributed by atoms with E-state index in [1.807, 2.05) is 6.92 Å². The maximum absolute atomic E-state index is 12.9. The summed E-state index contributed by atoms with van der Waals surface area (Å²) in [6, 6.07) is 13.7. The summed E-state index contributed by atoms with van der Waals surface area (Å²) in [6.45, 7) is 2.04. The minimum absolute atomic E-state index is 0.0222. The Morgan fingerprint density at radius 3 is 2.28 bits per heavy atom. The number of rotatable bonds is 7. The summed E-state index contributed by atoms with van der Waals surface area (Å²) >= 11 is 0. The van der Waals surface area contributed by atoms with Gasteiger partial charge in [0.05, 0.1) is 6.04 Å². The van der Waals surface area contributed by atoms with Crippen molar-refractivity contribution < 1.29 is 14.0 Å². The first-order valence-corrected chi connectivity index (χ1v) is 8.67. The molecule has 25 heavy (non-hydrogen) atoms. The molecule has 2 aromatic rings. The largest absolute Gasteiger partial charge is 0.349 e. The molecule has 0 aliphatic heterocycles. The van der Waals surface area contributed by atoms with Crippen molar-refractivity contribution in [2.45, 2.75) is 38.6 Å². The highest BCUT2D eigenvalue weighted by Gasteiger charge is 2.33. The molecule has 1 N–H and O–H groups in total. The Bertz CT molecular complexity index is 748. The zero-order valence-electron chi connectivity index (χ0n) is 14.3. The molecule has 1 amide bonds. The van der Waals surface area contributed by atoms with E-state index in [1.165, 1.54) is 29.8 Å². The van der Waals surface area contributed by atoms with Gasteiger partial charge in [-0.2, -0.15) is 0 Å². The standard InChI is InChI=1S/C21H22FNO2/c1-14-2-4-16(5-3-14)21(17-6-7-17)23-20(25)13-12-19(24)15-8-10-18(22)11-9-15/h2-5,8-11,17,21H,6-7,12-13H2,1H3,(H,23,25)/t21-/m1/s1. The molecule has 3 nitrogen and oxygen atoms in total. The molecule has 1 saturated carbocycles. The van der Waals surface area contributed by atoms with Crippen LogP contribution in [0.3, 0.4) is 0 Å².